The van der Waals surface area contributed by atoms with Gasteiger partial charge in [-0.1, -0.05) is 11.6 Å². The molecule has 1 fully saturated rings. The molecule has 0 atom stereocenters. The quantitative estimate of drug-likeness (QED) is 0.329. The first-order valence-electron chi connectivity index (χ1n) is 14.4. The van der Waals surface area contributed by atoms with Crippen molar-refractivity contribution in [2.75, 3.05) is 68.7 Å². The Labute approximate surface area is 255 Å². The first kappa shape index (κ1) is 29.5. The van der Waals surface area contributed by atoms with Crippen LogP contribution in [0.25, 0.3) is 22.2 Å². The van der Waals surface area contributed by atoms with E-state index in [1.807, 2.05) is 24.3 Å². The minimum atomic E-state index is -3.64. The third kappa shape index (κ3) is 6.52. The zero-order valence-corrected chi connectivity index (χ0v) is 25.5. The maximum absolute atomic E-state index is 13.1. The van der Waals surface area contributed by atoms with E-state index in [2.05, 4.69) is 15.2 Å². The van der Waals surface area contributed by atoms with E-state index in [0.29, 0.717) is 78.5 Å². The van der Waals surface area contributed by atoms with Gasteiger partial charge in [-0.15, -0.1) is 0 Å². The van der Waals surface area contributed by atoms with Gasteiger partial charge in [0.15, 0.2) is 0 Å². The third-order valence-electron chi connectivity index (χ3n) is 7.41. The molecule has 11 nitrogen and oxygen atoms in total. The molecule has 13 heteroatoms. The van der Waals surface area contributed by atoms with Crippen molar-refractivity contribution in [2.24, 2.45) is 0 Å². The van der Waals surface area contributed by atoms with E-state index in [0.717, 1.165) is 43.1 Å². The fourth-order valence-electron chi connectivity index (χ4n) is 5.15. The number of nitrogens with one attached hydrogen (secondary N) is 1. The molecule has 2 aromatic heterocycles. The normalized spacial score (nSPS) is 16.7. The SMILES string of the molecule is CCS(=O)(=O)n1cc2c3ccc(cc31)OCCOCCCCOc1cc(ccc1N1CCOCC1)Nc1ncc(Cl)c-2n1. The largest absolute Gasteiger partial charge is 0.491 e. The molecule has 0 amide bonds. The Bertz CT molecular complexity index is 1710. The van der Waals surface area contributed by atoms with Crippen LogP contribution < -0.4 is 19.7 Å². The molecule has 43 heavy (non-hydrogen) atoms. The molecule has 8 bridgehead atoms. The predicted molar refractivity (Wildman–Crippen MR) is 167 cm³/mol. The van der Waals surface area contributed by atoms with Gasteiger partial charge in [0.1, 0.15) is 18.1 Å². The Morgan fingerprint density at radius 3 is 2.60 bits per heavy atom. The number of halogens is 1. The molecule has 1 saturated heterocycles. The molecule has 5 heterocycles. The van der Waals surface area contributed by atoms with Gasteiger partial charge in [0.25, 0.3) is 0 Å². The molecular weight excluding hydrogens is 594 g/mol. The zero-order valence-electron chi connectivity index (χ0n) is 23.9. The number of hydrogen-bond donors (Lipinski definition) is 1. The van der Waals surface area contributed by atoms with Crippen molar-refractivity contribution in [1.29, 1.82) is 0 Å². The summed E-state index contributed by atoms with van der Waals surface area (Å²) < 4.78 is 51.0. The minimum absolute atomic E-state index is 0.0791. The van der Waals surface area contributed by atoms with Crippen LogP contribution in [0.5, 0.6) is 11.5 Å². The average Bonchev–Trinajstić information content (AvgIpc) is 3.41. The summed E-state index contributed by atoms with van der Waals surface area (Å²) in [4.78, 5) is 11.4. The van der Waals surface area contributed by atoms with E-state index < -0.39 is 10.0 Å². The van der Waals surface area contributed by atoms with Crippen LogP contribution in [0.2, 0.25) is 5.02 Å². The highest BCUT2D eigenvalue weighted by atomic mass is 35.5. The highest BCUT2D eigenvalue weighted by Crippen LogP contribution is 2.37. The molecule has 3 aliphatic heterocycles. The summed E-state index contributed by atoms with van der Waals surface area (Å²) in [6.45, 7) is 6.37. The topological polar surface area (TPSA) is 117 Å². The van der Waals surface area contributed by atoms with Crippen LogP contribution in [0.4, 0.5) is 17.3 Å². The van der Waals surface area contributed by atoms with Crippen molar-refractivity contribution in [2.45, 2.75) is 19.8 Å². The summed E-state index contributed by atoms with van der Waals surface area (Å²) in [6, 6.07) is 11.3. The average molecular weight is 628 g/mol. The maximum atomic E-state index is 13.1. The number of rotatable bonds is 3. The van der Waals surface area contributed by atoms with Crippen LogP contribution in [0.3, 0.4) is 0 Å². The van der Waals surface area contributed by atoms with Gasteiger partial charge in [-0.2, -0.15) is 0 Å². The van der Waals surface area contributed by atoms with Crippen molar-refractivity contribution in [1.82, 2.24) is 13.9 Å². The van der Waals surface area contributed by atoms with Crippen molar-refractivity contribution >= 4 is 49.9 Å². The summed E-state index contributed by atoms with van der Waals surface area (Å²) in [5, 5.41) is 4.24. The molecule has 3 aliphatic rings. The predicted octanol–water partition coefficient (Wildman–Crippen LogP) is 5.10. The smallest absolute Gasteiger partial charge is 0.238 e. The van der Waals surface area contributed by atoms with Crippen molar-refractivity contribution < 1.29 is 27.4 Å². The first-order valence-corrected chi connectivity index (χ1v) is 16.4. The number of aromatic nitrogens is 3. The number of hydrogen-bond acceptors (Lipinski definition) is 10. The zero-order chi connectivity index (χ0) is 29.8. The molecule has 0 unspecified atom stereocenters. The van der Waals surface area contributed by atoms with Gasteiger partial charge in [-0.3, -0.25) is 0 Å². The number of fused-ring (bicyclic) bond motifs is 9. The van der Waals surface area contributed by atoms with Crippen molar-refractivity contribution in [3.63, 3.8) is 0 Å². The lowest BCUT2D eigenvalue weighted by Gasteiger charge is -2.30. The number of ether oxygens (including phenoxy) is 4. The van der Waals surface area contributed by atoms with E-state index in [1.165, 1.54) is 10.2 Å². The first-order chi connectivity index (χ1) is 20.9. The molecule has 2 aromatic carbocycles. The molecule has 0 aliphatic carbocycles. The van der Waals surface area contributed by atoms with Crippen LogP contribution in [0, 0.1) is 0 Å². The molecule has 0 radical (unpaired) electrons. The van der Waals surface area contributed by atoms with E-state index >= 15 is 0 Å². The molecule has 1 N–H and O–H groups in total. The van der Waals surface area contributed by atoms with Gasteiger partial charge >= 0.3 is 0 Å². The Morgan fingerprint density at radius 1 is 0.953 bits per heavy atom. The Balaban J connectivity index is 1.42. The van der Waals surface area contributed by atoms with Gasteiger partial charge in [-0.25, -0.2) is 22.4 Å². The number of anilines is 3. The lowest BCUT2D eigenvalue weighted by Crippen LogP contribution is -2.36. The standard InChI is InChI=1S/C30H34ClN5O6S/c1-2-43(37,38)36-20-24-23-7-6-22(18-27(23)36)41-16-15-39-11-3-4-12-42-28-17-21(33-30-32-19-25(31)29(24)34-30)5-8-26(28)35-9-13-40-14-10-35/h5-8,17-20H,2-4,9-16H2,1H3,(H,32,33,34). The van der Waals surface area contributed by atoms with Gasteiger partial charge in [0.2, 0.25) is 16.0 Å². The van der Waals surface area contributed by atoms with Crippen LogP contribution in [0.15, 0.2) is 48.8 Å². The number of benzene rings is 2. The summed E-state index contributed by atoms with van der Waals surface area (Å²) in [5.41, 5.74) is 3.19. The van der Waals surface area contributed by atoms with Gasteiger partial charge < -0.3 is 29.2 Å². The lowest BCUT2D eigenvalue weighted by molar-refractivity contribution is 0.0951. The fourth-order valence-corrected chi connectivity index (χ4v) is 6.34. The van der Waals surface area contributed by atoms with Crippen molar-refractivity contribution in [3.8, 4) is 22.8 Å². The van der Waals surface area contributed by atoms with Crippen molar-refractivity contribution in [3.05, 3.63) is 53.8 Å². The molecule has 4 aromatic rings. The second-order valence-corrected chi connectivity index (χ2v) is 12.8. The van der Waals surface area contributed by atoms with Crippen LogP contribution in [-0.2, 0) is 19.5 Å². The van der Waals surface area contributed by atoms with Gasteiger partial charge in [0.05, 0.1) is 60.3 Å². The molecular formula is C30H34ClN5O6S. The summed E-state index contributed by atoms with van der Waals surface area (Å²) in [5.74, 6) is 1.53. The van der Waals surface area contributed by atoms with Crippen LogP contribution >= 0.6 is 11.6 Å². The number of morpholine rings is 1. The Morgan fingerprint density at radius 2 is 1.77 bits per heavy atom. The van der Waals surface area contributed by atoms with Crippen LogP contribution in [0.1, 0.15) is 19.8 Å². The van der Waals surface area contributed by atoms with Gasteiger partial charge in [0, 0.05) is 54.7 Å². The van der Waals surface area contributed by atoms with E-state index in [9.17, 15) is 8.42 Å². The highest BCUT2D eigenvalue weighted by Gasteiger charge is 2.22. The summed E-state index contributed by atoms with van der Waals surface area (Å²) in [7, 11) is -3.64. The maximum Gasteiger partial charge on any atom is 0.238 e. The Hall–Kier alpha value is -3.58. The van der Waals surface area contributed by atoms with Gasteiger partial charge in [-0.05, 0) is 44.0 Å². The second kappa shape index (κ2) is 13.0. The van der Waals surface area contributed by atoms with E-state index in [4.69, 9.17) is 35.5 Å². The molecule has 0 saturated carbocycles. The Kier molecular flexibility index (Phi) is 8.89. The van der Waals surface area contributed by atoms with E-state index in [1.54, 1.807) is 25.3 Å². The molecule has 7 rings (SSSR count). The van der Waals surface area contributed by atoms with E-state index in [-0.39, 0.29) is 5.75 Å². The highest BCUT2D eigenvalue weighted by molar-refractivity contribution is 7.90. The second-order valence-electron chi connectivity index (χ2n) is 10.2. The summed E-state index contributed by atoms with van der Waals surface area (Å²) >= 11 is 6.62. The monoisotopic (exact) mass is 627 g/mol. The fraction of sp³-hybridized carbons (Fsp3) is 0.400. The molecule has 228 valence electrons. The lowest BCUT2D eigenvalue weighted by atomic mass is 10.1. The number of nitrogens with zero attached hydrogens (tertiary/aromatic N) is 4. The third-order valence-corrected chi connectivity index (χ3v) is 9.32. The minimum Gasteiger partial charge on any atom is -0.491 e. The van der Waals surface area contributed by atoms with Crippen LogP contribution in [-0.4, -0.2) is 80.8 Å². The summed E-state index contributed by atoms with van der Waals surface area (Å²) in [6.07, 6.45) is 4.73. The molecule has 0 spiro atoms.